The minimum atomic E-state index is -3.64. The molecule has 2 aromatic rings. The van der Waals surface area contributed by atoms with Crippen molar-refractivity contribution in [3.63, 3.8) is 0 Å². The van der Waals surface area contributed by atoms with Crippen LogP contribution < -0.4 is 10.2 Å². The first-order valence-corrected chi connectivity index (χ1v) is 15.9. The maximum absolute atomic E-state index is 13.3. The summed E-state index contributed by atoms with van der Waals surface area (Å²) in [5, 5.41) is 2.91. The molecule has 0 aliphatic carbocycles. The maximum atomic E-state index is 13.3. The largest absolute Gasteiger partial charge is 0.342 e. The highest BCUT2D eigenvalue weighted by Gasteiger charge is 2.38. The summed E-state index contributed by atoms with van der Waals surface area (Å²) in [6.07, 6.45) is 1.27. The Morgan fingerprint density at radius 3 is 2.05 bits per heavy atom. The minimum Gasteiger partial charge on any atom is -0.342 e. The number of sulfonamides is 1. The van der Waals surface area contributed by atoms with E-state index in [0.717, 1.165) is 5.69 Å². The number of likely N-dealkylation sites (tertiary alicyclic amines) is 1. The number of nitrogens with zero attached hydrogens (tertiary/aromatic N) is 3. The second-order valence-electron chi connectivity index (χ2n) is 12.0. The number of anilines is 2. The number of hydrogen-bond acceptors (Lipinski definition) is 5. The second-order valence-corrected chi connectivity index (χ2v) is 13.9. The number of hydrogen-bond donors (Lipinski definition) is 1. The van der Waals surface area contributed by atoms with Gasteiger partial charge in [0, 0.05) is 56.4 Å². The van der Waals surface area contributed by atoms with Crippen molar-refractivity contribution in [3.05, 3.63) is 54.6 Å². The van der Waals surface area contributed by atoms with E-state index in [0.29, 0.717) is 51.3 Å². The van der Waals surface area contributed by atoms with Crippen LogP contribution in [-0.4, -0.2) is 68.1 Å². The van der Waals surface area contributed by atoms with Gasteiger partial charge in [-0.1, -0.05) is 45.9 Å². The molecule has 0 spiro atoms. The summed E-state index contributed by atoms with van der Waals surface area (Å²) in [5.74, 6) is -0.436. The SMILES string of the molecule is CC(C)CN(CC(C)C)S(=O)(=O)c1ccc(NC(=O)C2CCN(C(=O)C3CC(=O)N(c4ccccc4)C3)CC2)cc1. The van der Waals surface area contributed by atoms with Crippen LogP contribution in [0.3, 0.4) is 0 Å². The zero-order valence-electron chi connectivity index (χ0n) is 24.5. The van der Waals surface area contributed by atoms with Gasteiger partial charge in [-0.25, -0.2) is 8.42 Å². The zero-order valence-corrected chi connectivity index (χ0v) is 25.3. The lowest BCUT2D eigenvalue weighted by Gasteiger charge is -2.33. The summed E-state index contributed by atoms with van der Waals surface area (Å²) in [4.78, 5) is 42.3. The number of carbonyl (C=O) groups excluding carboxylic acids is 3. The van der Waals surface area contributed by atoms with Crippen LogP contribution in [0, 0.1) is 23.7 Å². The van der Waals surface area contributed by atoms with Crippen LogP contribution in [0.5, 0.6) is 0 Å². The van der Waals surface area contributed by atoms with Gasteiger partial charge in [0.05, 0.1) is 10.8 Å². The highest BCUT2D eigenvalue weighted by atomic mass is 32.2. The Balaban J connectivity index is 1.30. The third kappa shape index (κ3) is 7.54. The topological polar surface area (TPSA) is 107 Å². The molecule has 1 N–H and O–H groups in total. The smallest absolute Gasteiger partial charge is 0.243 e. The number of carbonyl (C=O) groups is 3. The third-order valence-electron chi connectivity index (χ3n) is 7.62. The molecule has 0 saturated carbocycles. The molecule has 1 atom stereocenters. The molecule has 0 aromatic heterocycles. The van der Waals surface area contributed by atoms with Crippen LogP contribution in [0.4, 0.5) is 11.4 Å². The number of rotatable bonds is 10. The van der Waals surface area contributed by atoms with Crippen molar-refractivity contribution in [3.8, 4) is 0 Å². The van der Waals surface area contributed by atoms with E-state index < -0.39 is 10.0 Å². The van der Waals surface area contributed by atoms with Crippen LogP contribution in [0.2, 0.25) is 0 Å². The minimum absolute atomic E-state index is 0.0311. The van der Waals surface area contributed by atoms with Crippen LogP contribution in [0.25, 0.3) is 0 Å². The van der Waals surface area contributed by atoms with Crippen LogP contribution in [0.1, 0.15) is 47.0 Å². The van der Waals surface area contributed by atoms with E-state index in [4.69, 9.17) is 0 Å². The summed E-state index contributed by atoms with van der Waals surface area (Å²) in [6.45, 7) is 10.2. The Hall–Kier alpha value is -3.24. The predicted octanol–water partition coefficient (Wildman–Crippen LogP) is 4.22. The van der Waals surface area contributed by atoms with E-state index >= 15 is 0 Å². The Kier molecular flexibility index (Phi) is 9.86. The number of amides is 3. The molecule has 3 amide bonds. The van der Waals surface area contributed by atoms with Gasteiger partial charge in [0.15, 0.2) is 0 Å². The number of para-hydroxylation sites is 1. The molecule has 222 valence electrons. The Bertz CT molecular complexity index is 1310. The van der Waals surface area contributed by atoms with Crippen LogP contribution >= 0.6 is 0 Å². The molecule has 2 fully saturated rings. The predicted molar refractivity (Wildman–Crippen MR) is 160 cm³/mol. The van der Waals surface area contributed by atoms with Gasteiger partial charge in [-0.15, -0.1) is 0 Å². The first-order valence-electron chi connectivity index (χ1n) is 14.5. The molecule has 2 aromatic carbocycles. The van der Waals surface area contributed by atoms with Crippen molar-refractivity contribution >= 4 is 39.1 Å². The summed E-state index contributed by atoms with van der Waals surface area (Å²) in [5.41, 5.74) is 1.34. The van der Waals surface area contributed by atoms with Crippen molar-refractivity contribution in [2.24, 2.45) is 23.7 Å². The molecule has 41 heavy (non-hydrogen) atoms. The molecule has 1 unspecified atom stereocenters. The van der Waals surface area contributed by atoms with Gasteiger partial charge in [0.25, 0.3) is 0 Å². The number of nitrogens with one attached hydrogen (secondary N) is 1. The average Bonchev–Trinajstić information content (AvgIpc) is 3.34. The summed E-state index contributed by atoms with van der Waals surface area (Å²) >= 11 is 0. The van der Waals surface area contributed by atoms with Gasteiger partial charge in [-0.05, 0) is 61.1 Å². The summed E-state index contributed by atoms with van der Waals surface area (Å²) in [7, 11) is -3.64. The molecule has 10 heteroatoms. The first-order chi connectivity index (χ1) is 19.5. The summed E-state index contributed by atoms with van der Waals surface area (Å²) in [6, 6.07) is 15.7. The van der Waals surface area contributed by atoms with E-state index in [-0.39, 0.29) is 52.7 Å². The summed E-state index contributed by atoms with van der Waals surface area (Å²) < 4.78 is 28.1. The highest BCUT2D eigenvalue weighted by Crippen LogP contribution is 2.28. The molecule has 0 bridgehead atoms. The van der Waals surface area contributed by atoms with Crippen LogP contribution in [0.15, 0.2) is 59.5 Å². The average molecular weight is 583 g/mol. The Morgan fingerprint density at radius 1 is 0.902 bits per heavy atom. The van der Waals surface area contributed by atoms with E-state index in [1.807, 2.05) is 58.0 Å². The second kappa shape index (κ2) is 13.2. The van der Waals surface area contributed by atoms with E-state index in [1.165, 1.54) is 4.31 Å². The van der Waals surface area contributed by atoms with Crippen molar-refractivity contribution in [2.75, 3.05) is 42.9 Å². The van der Waals surface area contributed by atoms with Gasteiger partial charge in [0.2, 0.25) is 27.7 Å². The molecular weight excluding hydrogens is 540 g/mol. The number of benzene rings is 2. The maximum Gasteiger partial charge on any atom is 0.243 e. The lowest BCUT2D eigenvalue weighted by atomic mass is 9.94. The molecule has 9 nitrogen and oxygen atoms in total. The third-order valence-corrected chi connectivity index (χ3v) is 9.46. The molecule has 2 aliphatic heterocycles. The lowest BCUT2D eigenvalue weighted by molar-refractivity contribution is -0.138. The van der Waals surface area contributed by atoms with Crippen molar-refractivity contribution < 1.29 is 22.8 Å². The zero-order chi connectivity index (χ0) is 29.7. The van der Waals surface area contributed by atoms with E-state index in [1.54, 1.807) is 34.1 Å². The normalized spacial score (nSPS) is 18.5. The monoisotopic (exact) mass is 582 g/mol. The van der Waals surface area contributed by atoms with E-state index in [9.17, 15) is 22.8 Å². The van der Waals surface area contributed by atoms with Crippen molar-refractivity contribution in [1.29, 1.82) is 0 Å². The standard InChI is InChI=1S/C31H42N4O5S/c1-22(2)19-34(20-23(3)4)41(39,40)28-12-10-26(11-13-28)32-30(37)24-14-16-33(17-15-24)31(38)25-18-29(36)35(21-25)27-8-6-5-7-9-27/h5-13,22-25H,14-21H2,1-4H3,(H,32,37). The van der Waals surface area contributed by atoms with Gasteiger partial charge >= 0.3 is 0 Å². The lowest BCUT2D eigenvalue weighted by Crippen LogP contribution is -2.44. The fourth-order valence-corrected chi connectivity index (χ4v) is 7.31. The quantitative estimate of drug-likeness (QED) is 0.452. The van der Waals surface area contributed by atoms with Gasteiger partial charge in [-0.3, -0.25) is 14.4 Å². The molecule has 0 radical (unpaired) electrons. The van der Waals surface area contributed by atoms with Gasteiger partial charge in [-0.2, -0.15) is 4.31 Å². The van der Waals surface area contributed by atoms with Gasteiger partial charge < -0.3 is 15.1 Å². The fraction of sp³-hybridized carbons (Fsp3) is 0.516. The molecule has 2 aliphatic rings. The Morgan fingerprint density at radius 2 is 1.49 bits per heavy atom. The Labute approximate surface area is 243 Å². The molecule has 4 rings (SSSR count). The van der Waals surface area contributed by atoms with Gasteiger partial charge in [0.1, 0.15) is 0 Å². The first kappa shape index (κ1) is 30.7. The fourth-order valence-electron chi connectivity index (χ4n) is 5.54. The molecule has 2 heterocycles. The molecule has 2 saturated heterocycles. The van der Waals surface area contributed by atoms with Crippen molar-refractivity contribution in [1.82, 2.24) is 9.21 Å². The van der Waals surface area contributed by atoms with Crippen molar-refractivity contribution in [2.45, 2.75) is 51.9 Å². The van der Waals surface area contributed by atoms with Crippen LogP contribution in [-0.2, 0) is 24.4 Å². The molecular formula is C31H42N4O5S. The highest BCUT2D eigenvalue weighted by molar-refractivity contribution is 7.89. The van der Waals surface area contributed by atoms with E-state index in [2.05, 4.69) is 5.32 Å². The number of piperidine rings is 1.